The monoisotopic (exact) mass is 435 g/mol. The minimum absolute atomic E-state index is 0. The molecule has 1 saturated carbocycles. The second-order valence-electron chi connectivity index (χ2n) is 7.16. The zero-order valence-corrected chi connectivity index (χ0v) is 17.4. The molecule has 0 radical (unpaired) electrons. The van der Waals surface area contributed by atoms with Gasteiger partial charge in [-0.15, -0.1) is 24.8 Å². The number of rotatable bonds is 3. The van der Waals surface area contributed by atoms with E-state index in [1.165, 1.54) is 12.1 Å². The van der Waals surface area contributed by atoms with Crippen LogP contribution in [-0.4, -0.2) is 23.0 Å². The highest BCUT2D eigenvalue weighted by Gasteiger charge is 2.22. The predicted octanol–water partition coefficient (Wildman–Crippen LogP) is 4.88. The van der Waals surface area contributed by atoms with Crippen LogP contribution in [0.1, 0.15) is 36.0 Å². The van der Waals surface area contributed by atoms with Gasteiger partial charge in [-0.2, -0.15) is 0 Å². The zero-order chi connectivity index (χ0) is 18.8. The van der Waals surface area contributed by atoms with Crippen molar-refractivity contribution >= 4 is 41.6 Å². The number of amides is 1. The van der Waals surface area contributed by atoms with Crippen LogP contribution in [0.15, 0.2) is 54.6 Å². The standard InChI is InChI=1S/C22H22FN3O.2ClH/c23-15-7-5-14(6-8-15)21-13-19(18-3-1-2-4-20(18)26-21)22(27)25-17-11-9-16(24)10-12-17;;/h1-8,13,16-17H,9-12,24H2,(H,25,27);2*1H. The summed E-state index contributed by atoms with van der Waals surface area (Å²) in [6.45, 7) is 0. The summed E-state index contributed by atoms with van der Waals surface area (Å²) in [4.78, 5) is 17.7. The molecular weight excluding hydrogens is 412 g/mol. The lowest BCUT2D eigenvalue weighted by Gasteiger charge is -2.27. The van der Waals surface area contributed by atoms with Gasteiger partial charge in [-0.1, -0.05) is 18.2 Å². The smallest absolute Gasteiger partial charge is 0.252 e. The molecule has 7 heteroatoms. The molecule has 1 aliphatic rings. The highest BCUT2D eigenvalue weighted by atomic mass is 35.5. The summed E-state index contributed by atoms with van der Waals surface area (Å²) in [7, 11) is 0. The highest BCUT2D eigenvalue weighted by molar-refractivity contribution is 6.07. The van der Waals surface area contributed by atoms with Crippen molar-refractivity contribution in [2.75, 3.05) is 0 Å². The van der Waals surface area contributed by atoms with Crippen LogP contribution in [0.25, 0.3) is 22.2 Å². The number of hydrogen-bond acceptors (Lipinski definition) is 3. The summed E-state index contributed by atoms with van der Waals surface area (Å²) in [5.41, 5.74) is 8.73. The Bertz CT molecular complexity index is 973. The Balaban J connectivity index is 0.00000150. The van der Waals surface area contributed by atoms with Gasteiger partial charge in [0, 0.05) is 23.0 Å². The fourth-order valence-corrected chi connectivity index (χ4v) is 3.66. The first-order valence-corrected chi connectivity index (χ1v) is 9.32. The number of fused-ring (bicyclic) bond motifs is 1. The van der Waals surface area contributed by atoms with E-state index in [9.17, 15) is 9.18 Å². The molecule has 3 N–H and O–H groups in total. The van der Waals surface area contributed by atoms with Gasteiger partial charge in [0.2, 0.25) is 0 Å². The summed E-state index contributed by atoms with van der Waals surface area (Å²) in [6, 6.07) is 15.9. The van der Waals surface area contributed by atoms with Gasteiger partial charge in [0.15, 0.2) is 0 Å². The molecule has 1 aliphatic carbocycles. The predicted molar refractivity (Wildman–Crippen MR) is 119 cm³/mol. The van der Waals surface area contributed by atoms with E-state index in [0.29, 0.717) is 11.3 Å². The van der Waals surface area contributed by atoms with E-state index in [-0.39, 0.29) is 48.6 Å². The van der Waals surface area contributed by atoms with Crippen LogP contribution in [0, 0.1) is 5.82 Å². The summed E-state index contributed by atoms with van der Waals surface area (Å²) in [5, 5.41) is 3.97. The number of pyridine rings is 1. The number of hydrogen-bond donors (Lipinski definition) is 2. The lowest BCUT2D eigenvalue weighted by atomic mass is 9.91. The maximum Gasteiger partial charge on any atom is 0.252 e. The van der Waals surface area contributed by atoms with Crippen LogP contribution in [0.3, 0.4) is 0 Å². The van der Waals surface area contributed by atoms with Crippen molar-refractivity contribution in [3.05, 3.63) is 66.0 Å². The molecule has 0 unspecified atom stereocenters. The van der Waals surface area contributed by atoms with Gasteiger partial charge in [-0.25, -0.2) is 9.37 Å². The topological polar surface area (TPSA) is 68.0 Å². The van der Waals surface area contributed by atoms with Gasteiger partial charge in [0.05, 0.1) is 16.8 Å². The number of carbonyl (C=O) groups excluding carboxylic acids is 1. The van der Waals surface area contributed by atoms with Gasteiger partial charge < -0.3 is 11.1 Å². The second-order valence-corrected chi connectivity index (χ2v) is 7.16. The lowest BCUT2D eigenvalue weighted by molar-refractivity contribution is 0.0927. The van der Waals surface area contributed by atoms with E-state index >= 15 is 0 Å². The Morgan fingerprint density at radius 1 is 1.00 bits per heavy atom. The first kappa shape index (κ1) is 23.1. The minimum Gasteiger partial charge on any atom is -0.349 e. The Labute approximate surface area is 181 Å². The van der Waals surface area contributed by atoms with Crippen LogP contribution in [0.2, 0.25) is 0 Å². The zero-order valence-electron chi connectivity index (χ0n) is 15.8. The Morgan fingerprint density at radius 3 is 2.34 bits per heavy atom. The van der Waals surface area contributed by atoms with Gasteiger partial charge in [0.1, 0.15) is 5.82 Å². The minimum atomic E-state index is -0.298. The Morgan fingerprint density at radius 2 is 1.66 bits per heavy atom. The third-order valence-corrected chi connectivity index (χ3v) is 5.21. The van der Waals surface area contributed by atoms with Crippen LogP contribution in [0.4, 0.5) is 4.39 Å². The van der Waals surface area contributed by atoms with Gasteiger partial charge in [-0.3, -0.25) is 4.79 Å². The lowest BCUT2D eigenvalue weighted by Crippen LogP contribution is -2.40. The summed E-state index contributed by atoms with van der Waals surface area (Å²) >= 11 is 0. The molecule has 0 bridgehead atoms. The summed E-state index contributed by atoms with van der Waals surface area (Å²) in [5.74, 6) is -0.398. The van der Waals surface area contributed by atoms with Crippen LogP contribution in [-0.2, 0) is 0 Å². The average Bonchev–Trinajstić information content (AvgIpc) is 2.69. The molecule has 4 nitrogen and oxygen atoms in total. The van der Waals surface area contributed by atoms with Crippen molar-refractivity contribution < 1.29 is 9.18 Å². The molecule has 154 valence electrons. The van der Waals surface area contributed by atoms with Crippen molar-refractivity contribution in [2.45, 2.75) is 37.8 Å². The largest absolute Gasteiger partial charge is 0.349 e. The highest BCUT2D eigenvalue weighted by Crippen LogP contribution is 2.26. The first-order chi connectivity index (χ1) is 13.1. The molecule has 4 rings (SSSR count). The molecule has 1 amide bonds. The van der Waals surface area contributed by atoms with Crippen molar-refractivity contribution in [2.24, 2.45) is 5.73 Å². The number of nitrogens with two attached hydrogens (primary N) is 1. The number of para-hydroxylation sites is 1. The Hall–Kier alpha value is -2.21. The van der Waals surface area contributed by atoms with Crippen LogP contribution < -0.4 is 11.1 Å². The number of nitrogens with zero attached hydrogens (tertiary/aromatic N) is 1. The number of carbonyl (C=O) groups is 1. The molecule has 2 aromatic carbocycles. The quantitative estimate of drug-likeness (QED) is 0.615. The van der Waals surface area contributed by atoms with E-state index in [1.54, 1.807) is 18.2 Å². The molecule has 1 aromatic heterocycles. The van der Waals surface area contributed by atoms with E-state index in [1.807, 2.05) is 24.3 Å². The number of halogens is 3. The summed E-state index contributed by atoms with van der Waals surface area (Å²) in [6.07, 6.45) is 3.67. The molecule has 3 aromatic rings. The molecule has 29 heavy (non-hydrogen) atoms. The molecule has 1 fully saturated rings. The number of aromatic nitrogens is 1. The van der Waals surface area contributed by atoms with E-state index < -0.39 is 0 Å². The first-order valence-electron chi connectivity index (χ1n) is 9.32. The average molecular weight is 436 g/mol. The third-order valence-electron chi connectivity index (χ3n) is 5.21. The molecule has 0 spiro atoms. The van der Waals surface area contributed by atoms with Crippen molar-refractivity contribution in [3.63, 3.8) is 0 Å². The molecule has 0 atom stereocenters. The van der Waals surface area contributed by atoms with Crippen LogP contribution in [0.5, 0.6) is 0 Å². The SMILES string of the molecule is Cl.Cl.NC1CCC(NC(=O)c2cc(-c3ccc(F)cc3)nc3ccccc23)CC1. The Kier molecular flexibility index (Phi) is 7.96. The van der Waals surface area contributed by atoms with Crippen molar-refractivity contribution in [1.82, 2.24) is 10.3 Å². The maximum atomic E-state index is 13.3. The van der Waals surface area contributed by atoms with E-state index in [2.05, 4.69) is 10.3 Å². The molecular formula is C22H24Cl2FN3O. The second kappa shape index (κ2) is 10.0. The van der Waals surface area contributed by atoms with E-state index in [4.69, 9.17) is 5.73 Å². The van der Waals surface area contributed by atoms with Crippen molar-refractivity contribution in [1.29, 1.82) is 0 Å². The summed E-state index contributed by atoms with van der Waals surface area (Å²) < 4.78 is 13.3. The molecule has 0 saturated heterocycles. The normalized spacial score (nSPS) is 18.4. The molecule has 0 aliphatic heterocycles. The van der Waals surface area contributed by atoms with Crippen LogP contribution >= 0.6 is 24.8 Å². The number of benzene rings is 2. The maximum absolute atomic E-state index is 13.3. The third kappa shape index (κ3) is 5.24. The van der Waals surface area contributed by atoms with Gasteiger partial charge in [-0.05, 0) is 62.1 Å². The van der Waals surface area contributed by atoms with Gasteiger partial charge >= 0.3 is 0 Å². The van der Waals surface area contributed by atoms with E-state index in [0.717, 1.165) is 42.1 Å². The number of nitrogens with one attached hydrogen (secondary N) is 1. The fourth-order valence-electron chi connectivity index (χ4n) is 3.66. The molecule has 1 heterocycles. The van der Waals surface area contributed by atoms with Crippen molar-refractivity contribution in [3.8, 4) is 11.3 Å². The van der Waals surface area contributed by atoms with Gasteiger partial charge in [0.25, 0.3) is 5.91 Å². The fraction of sp³-hybridized carbons (Fsp3) is 0.273.